The van der Waals surface area contributed by atoms with Crippen LogP contribution in [0.3, 0.4) is 0 Å². The summed E-state index contributed by atoms with van der Waals surface area (Å²) < 4.78 is 67.7. The van der Waals surface area contributed by atoms with Crippen LogP contribution in [0.5, 0.6) is 0 Å². The molecule has 10 nitrogen and oxygen atoms in total. The fourth-order valence-corrected chi connectivity index (χ4v) is 3.95. The number of anilines is 2. The van der Waals surface area contributed by atoms with E-state index < -0.39 is 23.4 Å². The molecule has 0 aliphatic carbocycles. The van der Waals surface area contributed by atoms with Crippen LogP contribution in [-0.2, 0) is 33.3 Å². The van der Waals surface area contributed by atoms with Gasteiger partial charge in [0, 0.05) is 50.2 Å². The first-order valence-corrected chi connectivity index (χ1v) is 12.2. The molecule has 1 radical (unpaired) electrons. The molecule has 0 fully saturated rings. The van der Waals surface area contributed by atoms with Crippen molar-refractivity contribution < 1.29 is 42.1 Å². The van der Waals surface area contributed by atoms with Crippen molar-refractivity contribution in [1.82, 2.24) is 29.8 Å². The first-order valence-electron chi connectivity index (χ1n) is 12.2. The van der Waals surface area contributed by atoms with E-state index in [-0.39, 0.29) is 37.0 Å². The minimum absolute atomic E-state index is 0. The van der Waals surface area contributed by atoms with Crippen LogP contribution in [0.1, 0.15) is 11.3 Å². The van der Waals surface area contributed by atoms with Gasteiger partial charge in [0.2, 0.25) is 0 Å². The van der Waals surface area contributed by atoms with Crippen LogP contribution in [0.4, 0.5) is 33.3 Å². The molecule has 0 unspecified atom stereocenters. The summed E-state index contributed by atoms with van der Waals surface area (Å²) in [6.07, 6.45) is 0.0314. The summed E-state index contributed by atoms with van der Waals surface area (Å²) in [5.41, 5.74) is 1.63. The van der Waals surface area contributed by atoms with Crippen LogP contribution in [0.2, 0.25) is 0 Å². The van der Waals surface area contributed by atoms with Gasteiger partial charge in [-0.25, -0.2) is 10.2 Å². The maximum absolute atomic E-state index is 13.7. The molecule has 16 heteroatoms. The predicted molar refractivity (Wildman–Crippen MR) is 145 cm³/mol. The summed E-state index contributed by atoms with van der Waals surface area (Å²) >= 11 is 0. The van der Waals surface area contributed by atoms with Crippen LogP contribution in [0.15, 0.2) is 46.7 Å². The Morgan fingerprint density at radius 3 is 1.98 bits per heavy atom. The van der Waals surface area contributed by atoms with Crippen LogP contribution in [0.25, 0.3) is 22.8 Å². The first-order chi connectivity index (χ1) is 19.9. The van der Waals surface area contributed by atoms with Crippen LogP contribution < -0.4 is 14.9 Å². The molecular formula is C27H22F5IrN10-5. The zero-order chi connectivity index (χ0) is 30.2. The van der Waals surface area contributed by atoms with E-state index in [2.05, 4.69) is 37.5 Å². The van der Waals surface area contributed by atoms with Crippen LogP contribution in [0, 0.1) is 44.0 Å². The summed E-state index contributed by atoms with van der Waals surface area (Å²) in [7, 11) is 5.14. The van der Waals surface area contributed by atoms with Gasteiger partial charge >= 0.3 is 6.18 Å². The molecule has 0 spiro atoms. The number of halogens is 5. The molecule has 0 amide bonds. The van der Waals surface area contributed by atoms with E-state index >= 15 is 0 Å². The molecule has 43 heavy (non-hydrogen) atoms. The van der Waals surface area contributed by atoms with Gasteiger partial charge in [-0.1, -0.05) is 29.0 Å². The number of imidazole rings is 1. The van der Waals surface area contributed by atoms with Gasteiger partial charge in [0.25, 0.3) is 0 Å². The molecule has 0 saturated heterocycles. The Bertz CT molecular complexity index is 1600. The SMILES string of the molecule is CN1[CH-]N(c2[c-]c(N3C=NN(C)[CH-]3)cc(C(F)(F)F)c2)C=N1.Cc1cc(-c2nc(-c3[c-]cc(F)cc3F)cn2C)[n-]n1.[Ir]. The molecule has 2 aromatic carbocycles. The Hall–Kier alpha value is -4.30. The molecule has 229 valence electrons. The van der Waals surface area contributed by atoms with Crippen molar-refractivity contribution in [2.24, 2.45) is 17.3 Å². The number of alkyl halides is 3. The van der Waals surface area contributed by atoms with Crippen molar-refractivity contribution in [3.63, 3.8) is 0 Å². The quantitative estimate of drug-likeness (QED) is 0.221. The normalized spacial score (nSPS) is 14.3. The van der Waals surface area contributed by atoms with E-state index in [0.29, 0.717) is 17.2 Å². The van der Waals surface area contributed by atoms with Crippen molar-refractivity contribution in [3.8, 4) is 22.8 Å². The average molecular weight is 774 g/mol. The summed E-state index contributed by atoms with van der Waals surface area (Å²) in [6.45, 7) is 4.95. The Morgan fingerprint density at radius 1 is 0.907 bits per heavy atom. The van der Waals surface area contributed by atoms with Crippen molar-refractivity contribution in [3.05, 3.63) is 84.9 Å². The minimum Gasteiger partial charge on any atom is -0.572 e. The number of benzene rings is 2. The third kappa shape index (κ3) is 7.20. The molecule has 2 aliphatic rings. The number of aryl methyl sites for hydroxylation is 2. The van der Waals surface area contributed by atoms with E-state index in [0.717, 1.165) is 30.0 Å². The standard InChI is InChI=1S/C14H10F2N4.C13H12F3N6.Ir/c1-8-5-12(19-18-8)14-17-13(7-20(14)2)10-4-3-9(15)6-11(10)16;1-19-8-21(6-17-19)11-3-10(13(14,15)16)4-12(5-11)22-7-18-20(2)9-22;/h3,5-7H,1-2H3;3-4,6-9H,1-2H3;/q-2;-3;. The molecule has 0 atom stereocenters. The predicted octanol–water partition coefficient (Wildman–Crippen LogP) is 4.62. The Kier molecular flexibility index (Phi) is 9.21. The van der Waals surface area contributed by atoms with Gasteiger partial charge in [-0.3, -0.25) is 13.8 Å². The largest absolute Gasteiger partial charge is 0.572 e. The average Bonchev–Trinajstić information content (AvgIpc) is 3.72. The Morgan fingerprint density at radius 2 is 1.51 bits per heavy atom. The molecule has 2 aromatic heterocycles. The summed E-state index contributed by atoms with van der Waals surface area (Å²) in [5, 5.41) is 18.8. The molecule has 6 rings (SSSR count). The topological polar surface area (TPSA) is 82.5 Å². The third-order valence-electron chi connectivity index (χ3n) is 5.90. The van der Waals surface area contributed by atoms with Crippen LogP contribution in [-0.4, -0.2) is 51.4 Å². The van der Waals surface area contributed by atoms with Crippen molar-refractivity contribution in [2.75, 3.05) is 23.9 Å². The molecule has 0 saturated carbocycles. The fraction of sp³-hybridized carbons (Fsp3) is 0.185. The van der Waals surface area contributed by atoms with Gasteiger partial charge in [0.1, 0.15) is 5.82 Å². The molecule has 0 bridgehead atoms. The van der Waals surface area contributed by atoms with Gasteiger partial charge in [-0.05, 0) is 27.2 Å². The number of hydrogen-bond donors (Lipinski definition) is 0. The molecule has 2 aliphatic heterocycles. The van der Waals surface area contributed by atoms with Gasteiger partial charge in [0.05, 0.1) is 12.7 Å². The maximum atomic E-state index is 13.7. The minimum atomic E-state index is -4.45. The van der Waals surface area contributed by atoms with Gasteiger partial charge in [-0.2, -0.15) is 13.2 Å². The maximum Gasteiger partial charge on any atom is 0.394 e. The second-order valence-corrected chi connectivity index (χ2v) is 9.26. The van der Waals surface area contributed by atoms with Crippen molar-refractivity contribution >= 4 is 24.1 Å². The van der Waals surface area contributed by atoms with E-state index in [4.69, 9.17) is 0 Å². The van der Waals surface area contributed by atoms with E-state index in [1.807, 2.05) is 6.92 Å². The summed E-state index contributed by atoms with van der Waals surface area (Å²) in [5.74, 6) is -0.794. The van der Waals surface area contributed by atoms with Crippen LogP contribution >= 0.6 is 0 Å². The number of hydrogen-bond acceptors (Lipinski definition) is 8. The zero-order valence-corrected chi connectivity index (χ0v) is 25.4. The zero-order valence-electron chi connectivity index (χ0n) is 23.0. The number of hydrazone groups is 2. The number of nitrogens with zero attached hydrogens (tertiary/aromatic N) is 10. The molecular weight excluding hydrogens is 752 g/mol. The summed E-state index contributed by atoms with van der Waals surface area (Å²) in [6, 6.07) is 11.2. The van der Waals surface area contributed by atoms with E-state index in [9.17, 15) is 22.0 Å². The molecule has 0 N–H and O–H groups in total. The monoisotopic (exact) mass is 774 g/mol. The number of aromatic nitrogens is 4. The fourth-order valence-electron chi connectivity index (χ4n) is 3.95. The van der Waals surface area contributed by atoms with Gasteiger partial charge in [-0.15, -0.1) is 55.0 Å². The van der Waals surface area contributed by atoms with Gasteiger partial charge < -0.3 is 34.6 Å². The van der Waals surface area contributed by atoms with E-state index in [1.54, 1.807) is 51.3 Å². The summed E-state index contributed by atoms with van der Waals surface area (Å²) in [4.78, 5) is 7.26. The molecule has 4 heterocycles. The van der Waals surface area contributed by atoms with Crippen molar-refractivity contribution in [2.45, 2.75) is 13.1 Å². The van der Waals surface area contributed by atoms with E-state index in [1.165, 1.54) is 32.5 Å². The first kappa shape index (κ1) is 31.6. The molecule has 4 aromatic rings. The Labute approximate surface area is 257 Å². The second kappa shape index (κ2) is 12.5. The van der Waals surface area contributed by atoms with Crippen molar-refractivity contribution in [1.29, 1.82) is 0 Å². The Balaban J connectivity index is 0.000000193. The second-order valence-electron chi connectivity index (χ2n) is 9.26. The third-order valence-corrected chi connectivity index (χ3v) is 5.90. The van der Waals surface area contributed by atoms with Gasteiger partial charge in [0.15, 0.2) is 0 Å². The number of rotatable bonds is 4. The smallest absolute Gasteiger partial charge is 0.394 e.